The Kier molecular flexibility index (Phi) is 4.84. The Hall–Kier alpha value is 0.611. The van der Waals surface area contributed by atoms with E-state index in [1.54, 1.807) is 0 Å². The van der Waals surface area contributed by atoms with Crippen molar-refractivity contribution in [1.82, 2.24) is 0 Å². The monoisotopic (exact) mass is 248 g/mol. The molecule has 0 spiro atoms. The van der Waals surface area contributed by atoms with Gasteiger partial charge in [0.1, 0.15) is 0 Å². The molecular weight excluding hydrogens is 220 g/mol. The third-order valence-corrected chi connectivity index (χ3v) is 24.0. The Labute approximate surface area is 93.3 Å². The fraction of sp³-hybridized carbons (Fsp3) is 1.00. The zero-order chi connectivity index (χ0) is 11.6. The molecule has 0 aliphatic carbocycles. The highest BCUT2D eigenvalue weighted by molar-refractivity contribution is 7.39. The van der Waals surface area contributed by atoms with E-state index in [1.165, 1.54) is 12.5 Å². The molecule has 0 amide bonds. The lowest BCUT2D eigenvalue weighted by Crippen LogP contribution is -2.60. The van der Waals surface area contributed by atoms with E-state index in [1.807, 2.05) is 0 Å². The molecule has 0 radical (unpaired) electrons. The molecule has 0 aliphatic rings. The van der Waals surface area contributed by atoms with Crippen molar-refractivity contribution in [3.05, 3.63) is 0 Å². The zero-order valence-corrected chi connectivity index (χ0v) is 14.3. The fourth-order valence-electron chi connectivity index (χ4n) is 1.83. The van der Waals surface area contributed by atoms with Gasteiger partial charge in [-0.05, 0) is 32.7 Å². The van der Waals surface area contributed by atoms with Crippen molar-refractivity contribution in [3.8, 4) is 0 Å². The average Bonchev–Trinajstić information content (AvgIpc) is 1.79. The molecule has 0 bridgehead atoms. The van der Waals surface area contributed by atoms with Crippen molar-refractivity contribution in [2.75, 3.05) is 0 Å². The van der Waals surface area contributed by atoms with Crippen molar-refractivity contribution in [1.29, 1.82) is 0 Å². The molecule has 0 N–H and O–H groups in total. The van der Waals surface area contributed by atoms with Gasteiger partial charge in [-0.1, -0.05) is 32.5 Å². The van der Waals surface area contributed by atoms with Gasteiger partial charge < -0.3 is 4.12 Å². The van der Waals surface area contributed by atoms with Crippen molar-refractivity contribution < 1.29 is 4.12 Å². The van der Waals surface area contributed by atoms with E-state index in [4.69, 9.17) is 4.12 Å². The van der Waals surface area contributed by atoms with E-state index < -0.39 is 23.7 Å². The van der Waals surface area contributed by atoms with Crippen LogP contribution in [0.3, 0.4) is 0 Å². The van der Waals surface area contributed by atoms with Crippen molar-refractivity contribution in [3.63, 3.8) is 0 Å². The highest BCUT2D eigenvalue weighted by Crippen LogP contribution is 2.28. The van der Waals surface area contributed by atoms with Gasteiger partial charge in [0.2, 0.25) is 0 Å². The third-order valence-electron chi connectivity index (χ3n) is 3.07. The minimum absolute atomic E-state index is 1.09. The second-order valence-electron chi connectivity index (χ2n) is 6.36. The van der Waals surface area contributed by atoms with E-state index in [-0.39, 0.29) is 0 Å². The second kappa shape index (κ2) is 4.63. The van der Waals surface area contributed by atoms with Gasteiger partial charge in [0.15, 0.2) is 16.2 Å². The van der Waals surface area contributed by atoms with Gasteiger partial charge in [-0.3, -0.25) is 0 Å². The van der Waals surface area contributed by atoms with E-state index in [0.29, 0.717) is 0 Å². The molecule has 0 rings (SSSR count). The zero-order valence-electron chi connectivity index (χ0n) is 11.3. The van der Waals surface area contributed by atoms with E-state index >= 15 is 0 Å². The van der Waals surface area contributed by atoms with E-state index in [2.05, 4.69) is 52.8 Å². The van der Waals surface area contributed by atoms with Crippen LogP contribution in [0.2, 0.25) is 51.9 Å². The van der Waals surface area contributed by atoms with Crippen LogP contribution >= 0.6 is 0 Å². The molecule has 0 aromatic rings. The number of rotatable bonds is 5. The maximum atomic E-state index is 6.48. The van der Waals surface area contributed by atoms with Crippen molar-refractivity contribution in [2.45, 2.75) is 65.2 Å². The molecule has 1 nitrogen and oxygen atoms in total. The number of hydrogen-bond donors (Lipinski definition) is 0. The van der Waals surface area contributed by atoms with Crippen molar-refractivity contribution >= 4 is 23.7 Å². The van der Waals surface area contributed by atoms with Crippen LogP contribution < -0.4 is 0 Å². The van der Waals surface area contributed by atoms with Gasteiger partial charge in [0, 0.05) is 0 Å². The van der Waals surface area contributed by atoms with Gasteiger partial charge in [-0.2, -0.15) is 0 Å². The molecule has 86 valence electrons. The van der Waals surface area contributed by atoms with Gasteiger partial charge in [-0.25, -0.2) is 0 Å². The van der Waals surface area contributed by atoms with E-state index in [9.17, 15) is 0 Å². The summed E-state index contributed by atoms with van der Waals surface area (Å²) in [4.78, 5) is 0. The molecular formula is C10H28OSi3. The minimum Gasteiger partial charge on any atom is -0.458 e. The summed E-state index contributed by atoms with van der Waals surface area (Å²) in [6.45, 7) is 19.2. The quantitative estimate of drug-likeness (QED) is 0.661. The summed E-state index contributed by atoms with van der Waals surface area (Å²) in [6, 6.07) is 1.43. The summed E-state index contributed by atoms with van der Waals surface area (Å²) in [5, 5.41) is 0. The highest BCUT2D eigenvalue weighted by Gasteiger charge is 2.44. The SMILES string of the molecule is CCC[Si](C)(C)[Si](C)(C)O[Si](C)(C)C. The first-order valence-electron chi connectivity index (χ1n) is 5.72. The lowest BCUT2D eigenvalue weighted by Gasteiger charge is -2.42. The van der Waals surface area contributed by atoms with Crippen LogP contribution in [-0.4, -0.2) is 23.7 Å². The lowest BCUT2D eigenvalue weighted by molar-refractivity contribution is 0.569. The second-order valence-corrected chi connectivity index (χ2v) is 26.4. The summed E-state index contributed by atoms with van der Waals surface area (Å²) in [7, 11) is -3.81. The summed E-state index contributed by atoms with van der Waals surface area (Å²) >= 11 is 0. The summed E-state index contributed by atoms with van der Waals surface area (Å²) < 4.78 is 6.48. The summed E-state index contributed by atoms with van der Waals surface area (Å²) in [5.41, 5.74) is 0. The predicted octanol–water partition coefficient (Wildman–Crippen LogP) is 4.24. The molecule has 0 aromatic carbocycles. The Morgan fingerprint density at radius 2 is 1.29 bits per heavy atom. The largest absolute Gasteiger partial charge is 0.458 e. The Bertz CT molecular complexity index is 182. The molecule has 0 unspecified atom stereocenters. The summed E-state index contributed by atoms with van der Waals surface area (Å²) in [5.74, 6) is 0. The first kappa shape index (κ1) is 14.6. The fourth-order valence-corrected chi connectivity index (χ4v) is 18.7. The Balaban J connectivity index is 4.59. The molecule has 0 saturated carbocycles. The van der Waals surface area contributed by atoms with Gasteiger partial charge >= 0.3 is 0 Å². The molecule has 0 atom stereocenters. The lowest BCUT2D eigenvalue weighted by atomic mass is 10.6. The third kappa shape index (κ3) is 4.42. The standard InChI is InChI=1S/C10H28OSi3/c1-9-10-13(5,6)14(7,8)11-12(2,3)4/h9-10H2,1-8H3. The van der Waals surface area contributed by atoms with Crippen molar-refractivity contribution in [2.24, 2.45) is 0 Å². The van der Waals surface area contributed by atoms with Gasteiger partial charge in [0.05, 0.1) is 7.59 Å². The van der Waals surface area contributed by atoms with Crippen LogP contribution in [0, 0.1) is 0 Å². The summed E-state index contributed by atoms with van der Waals surface area (Å²) in [6.07, 6.45) is 1.32. The molecule has 0 aromatic heterocycles. The maximum absolute atomic E-state index is 6.48. The highest BCUT2D eigenvalue weighted by atomic mass is 29.3. The van der Waals surface area contributed by atoms with E-state index in [0.717, 1.165) is 0 Å². The molecule has 0 heterocycles. The minimum atomic E-state index is -1.39. The average molecular weight is 249 g/mol. The first-order valence-corrected chi connectivity index (χ1v) is 16.2. The molecule has 14 heavy (non-hydrogen) atoms. The van der Waals surface area contributed by atoms with Gasteiger partial charge in [0.25, 0.3) is 0 Å². The maximum Gasteiger partial charge on any atom is 0.170 e. The smallest absolute Gasteiger partial charge is 0.170 e. The van der Waals surface area contributed by atoms with Crippen LogP contribution in [0.15, 0.2) is 0 Å². The first-order chi connectivity index (χ1) is 6.02. The number of hydrogen-bond acceptors (Lipinski definition) is 1. The molecule has 4 heteroatoms. The molecule has 0 fully saturated rings. The normalized spacial score (nSPS) is 14.6. The topological polar surface area (TPSA) is 9.23 Å². The molecule has 0 aliphatic heterocycles. The predicted molar refractivity (Wildman–Crippen MR) is 74.5 cm³/mol. The van der Waals surface area contributed by atoms with Gasteiger partial charge in [-0.15, -0.1) is 0 Å². The van der Waals surface area contributed by atoms with Crippen LogP contribution in [-0.2, 0) is 4.12 Å². The van der Waals surface area contributed by atoms with Crippen LogP contribution in [0.25, 0.3) is 0 Å². The van der Waals surface area contributed by atoms with Crippen LogP contribution in [0.4, 0.5) is 0 Å². The van der Waals surface area contributed by atoms with Crippen LogP contribution in [0.5, 0.6) is 0 Å². The van der Waals surface area contributed by atoms with Crippen LogP contribution in [0.1, 0.15) is 13.3 Å². The Morgan fingerprint density at radius 3 is 1.57 bits per heavy atom. The Morgan fingerprint density at radius 1 is 0.857 bits per heavy atom. The molecule has 0 saturated heterocycles.